The number of nitrogens with zero attached hydrogens (tertiary/aromatic N) is 2. The Kier molecular flexibility index (Phi) is 9.26. The Morgan fingerprint density at radius 2 is 2.08 bits per heavy atom. The normalized spacial score (nSPS) is 20.5. The summed E-state index contributed by atoms with van der Waals surface area (Å²) in [6.07, 6.45) is 5.99. The van der Waals surface area contributed by atoms with Gasteiger partial charge in [-0.15, -0.1) is 24.0 Å². The second-order valence-electron chi connectivity index (χ2n) is 6.44. The fourth-order valence-corrected chi connectivity index (χ4v) is 3.81. The maximum absolute atomic E-state index is 4.37. The number of aryl methyl sites for hydroxylation is 1. The van der Waals surface area contributed by atoms with Gasteiger partial charge >= 0.3 is 0 Å². The van der Waals surface area contributed by atoms with Crippen LogP contribution in [0.1, 0.15) is 30.4 Å². The van der Waals surface area contributed by atoms with Crippen LogP contribution in [0.5, 0.6) is 0 Å². The SMILES string of the molecule is CN=C(NCc1ccc(N(C)C)cc1C)NC1CCC(SC)C1.I. The average molecular weight is 462 g/mol. The van der Waals surface area contributed by atoms with Gasteiger partial charge < -0.3 is 15.5 Å². The summed E-state index contributed by atoms with van der Waals surface area (Å²) in [6, 6.07) is 7.15. The molecule has 0 bridgehead atoms. The van der Waals surface area contributed by atoms with Crippen LogP contribution in [-0.4, -0.2) is 44.7 Å². The number of nitrogens with one attached hydrogen (secondary N) is 2. The van der Waals surface area contributed by atoms with Crippen molar-refractivity contribution >= 4 is 47.4 Å². The van der Waals surface area contributed by atoms with Crippen molar-refractivity contribution in [1.29, 1.82) is 0 Å². The van der Waals surface area contributed by atoms with Crippen LogP contribution >= 0.6 is 35.7 Å². The highest BCUT2D eigenvalue weighted by atomic mass is 127. The first-order valence-electron chi connectivity index (χ1n) is 8.30. The van der Waals surface area contributed by atoms with Crippen molar-refractivity contribution in [2.24, 2.45) is 4.99 Å². The molecule has 1 aliphatic rings. The quantitative estimate of drug-likeness (QED) is 0.399. The van der Waals surface area contributed by atoms with Crippen LogP contribution in [0.4, 0.5) is 5.69 Å². The van der Waals surface area contributed by atoms with E-state index in [1.54, 1.807) is 0 Å². The molecular formula is C18H31IN4S. The minimum Gasteiger partial charge on any atom is -0.378 e. The van der Waals surface area contributed by atoms with Crippen molar-refractivity contribution in [3.8, 4) is 0 Å². The Hall–Kier alpha value is -0.630. The van der Waals surface area contributed by atoms with Crippen LogP contribution in [0.15, 0.2) is 23.2 Å². The highest BCUT2D eigenvalue weighted by molar-refractivity contribution is 14.0. The highest BCUT2D eigenvalue weighted by Gasteiger charge is 2.24. The summed E-state index contributed by atoms with van der Waals surface area (Å²) in [5.74, 6) is 0.910. The second kappa shape index (κ2) is 10.4. The first kappa shape index (κ1) is 21.4. The lowest BCUT2D eigenvalue weighted by Crippen LogP contribution is -2.42. The molecule has 1 aliphatic carbocycles. The molecule has 0 heterocycles. The average Bonchev–Trinajstić information content (AvgIpc) is 2.99. The van der Waals surface area contributed by atoms with E-state index in [2.05, 4.69) is 66.0 Å². The van der Waals surface area contributed by atoms with Crippen molar-refractivity contribution in [3.63, 3.8) is 0 Å². The van der Waals surface area contributed by atoms with Crippen molar-refractivity contribution in [2.45, 2.75) is 44.0 Å². The van der Waals surface area contributed by atoms with Gasteiger partial charge in [0.05, 0.1) is 0 Å². The van der Waals surface area contributed by atoms with Crippen molar-refractivity contribution in [3.05, 3.63) is 29.3 Å². The summed E-state index contributed by atoms with van der Waals surface area (Å²) >= 11 is 1.98. The molecule has 1 aromatic rings. The van der Waals surface area contributed by atoms with E-state index >= 15 is 0 Å². The van der Waals surface area contributed by atoms with E-state index in [9.17, 15) is 0 Å². The fraction of sp³-hybridized carbons (Fsp3) is 0.611. The van der Waals surface area contributed by atoms with Gasteiger partial charge in [-0.3, -0.25) is 4.99 Å². The Morgan fingerprint density at radius 3 is 2.62 bits per heavy atom. The van der Waals surface area contributed by atoms with Crippen molar-refractivity contribution in [1.82, 2.24) is 10.6 Å². The molecule has 0 spiro atoms. The largest absolute Gasteiger partial charge is 0.378 e. The third-order valence-corrected chi connectivity index (χ3v) is 5.67. The van der Waals surface area contributed by atoms with Gasteiger partial charge in [0.25, 0.3) is 0 Å². The van der Waals surface area contributed by atoms with Gasteiger partial charge in [-0.1, -0.05) is 6.07 Å². The highest BCUT2D eigenvalue weighted by Crippen LogP contribution is 2.28. The van der Waals surface area contributed by atoms with Crippen LogP contribution in [0, 0.1) is 6.92 Å². The molecule has 2 unspecified atom stereocenters. The number of anilines is 1. The number of guanidine groups is 1. The molecule has 0 aromatic heterocycles. The molecule has 2 N–H and O–H groups in total. The van der Waals surface area contributed by atoms with E-state index in [0.717, 1.165) is 17.8 Å². The first-order valence-corrected chi connectivity index (χ1v) is 9.59. The molecule has 4 nitrogen and oxygen atoms in total. The zero-order valence-electron chi connectivity index (χ0n) is 15.4. The monoisotopic (exact) mass is 462 g/mol. The Bertz CT molecular complexity index is 548. The van der Waals surface area contributed by atoms with E-state index in [4.69, 9.17) is 0 Å². The summed E-state index contributed by atoms with van der Waals surface area (Å²) in [6.45, 7) is 2.97. The van der Waals surface area contributed by atoms with Gasteiger partial charge in [0, 0.05) is 44.7 Å². The first-order chi connectivity index (χ1) is 11.0. The zero-order valence-corrected chi connectivity index (χ0v) is 18.6. The van der Waals surface area contributed by atoms with Gasteiger partial charge in [-0.05, 0) is 55.7 Å². The minimum atomic E-state index is 0. The molecule has 0 aliphatic heterocycles. The molecule has 2 atom stereocenters. The summed E-state index contributed by atoms with van der Waals surface area (Å²) in [4.78, 5) is 6.50. The summed E-state index contributed by atoms with van der Waals surface area (Å²) in [7, 11) is 5.99. The van der Waals surface area contributed by atoms with E-state index < -0.39 is 0 Å². The lowest BCUT2D eigenvalue weighted by molar-refractivity contribution is 0.614. The predicted molar refractivity (Wildman–Crippen MR) is 119 cm³/mol. The van der Waals surface area contributed by atoms with E-state index in [1.165, 1.54) is 36.1 Å². The smallest absolute Gasteiger partial charge is 0.191 e. The maximum atomic E-state index is 4.37. The molecule has 2 rings (SSSR count). The summed E-state index contributed by atoms with van der Waals surface area (Å²) < 4.78 is 0. The standard InChI is InChI=1S/C18H30N4S.HI/c1-13-10-16(22(3)4)8-6-14(13)12-20-18(19-2)21-15-7-9-17(11-15)23-5;/h6,8,10,15,17H,7,9,11-12H2,1-5H3,(H2,19,20,21);1H. The number of thioether (sulfide) groups is 1. The zero-order chi connectivity index (χ0) is 16.8. The van der Waals surface area contributed by atoms with Gasteiger partial charge in [0.1, 0.15) is 0 Å². The molecule has 0 radical (unpaired) electrons. The molecule has 136 valence electrons. The van der Waals surface area contributed by atoms with Crippen LogP contribution < -0.4 is 15.5 Å². The molecule has 0 amide bonds. The molecule has 6 heteroatoms. The minimum absolute atomic E-state index is 0. The number of hydrogen-bond acceptors (Lipinski definition) is 3. The summed E-state index contributed by atoms with van der Waals surface area (Å²) in [5.41, 5.74) is 3.86. The van der Waals surface area contributed by atoms with E-state index in [0.29, 0.717) is 6.04 Å². The van der Waals surface area contributed by atoms with Crippen molar-refractivity contribution in [2.75, 3.05) is 32.3 Å². The fourth-order valence-electron chi connectivity index (χ4n) is 3.01. The molecule has 24 heavy (non-hydrogen) atoms. The molecule has 0 saturated heterocycles. The number of rotatable bonds is 5. The van der Waals surface area contributed by atoms with Gasteiger partial charge in [0.2, 0.25) is 0 Å². The van der Waals surface area contributed by atoms with Crippen molar-refractivity contribution < 1.29 is 0 Å². The van der Waals surface area contributed by atoms with Crippen LogP contribution in [-0.2, 0) is 6.54 Å². The van der Waals surface area contributed by atoms with Gasteiger partial charge in [-0.25, -0.2) is 0 Å². The Labute approximate surface area is 168 Å². The number of hydrogen-bond donors (Lipinski definition) is 2. The lowest BCUT2D eigenvalue weighted by atomic mass is 10.1. The van der Waals surface area contributed by atoms with Crippen LogP contribution in [0.2, 0.25) is 0 Å². The molecule has 1 saturated carbocycles. The van der Waals surface area contributed by atoms with Gasteiger partial charge in [-0.2, -0.15) is 11.8 Å². The summed E-state index contributed by atoms with van der Waals surface area (Å²) in [5, 5.41) is 7.82. The lowest BCUT2D eigenvalue weighted by Gasteiger charge is -2.19. The molecular weight excluding hydrogens is 431 g/mol. The second-order valence-corrected chi connectivity index (χ2v) is 7.58. The number of aliphatic imine (C=N–C) groups is 1. The third kappa shape index (κ3) is 6.02. The topological polar surface area (TPSA) is 39.7 Å². The van der Waals surface area contributed by atoms with Crippen LogP contribution in [0.3, 0.4) is 0 Å². The molecule has 1 fully saturated rings. The number of halogens is 1. The van der Waals surface area contributed by atoms with E-state index in [1.807, 2.05) is 18.8 Å². The number of benzene rings is 1. The van der Waals surface area contributed by atoms with Crippen LogP contribution in [0.25, 0.3) is 0 Å². The third-order valence-electron chi connectivity index (χ3n) is 4.57. The molecule has 1 aromatic carbocycles. The maximum Gasteiger partial charge on any atom is 0.191 e. The predicted octanol–water partition coefficient (Wildman–Crippen LogP) is 3.63. The van der Waals surface area contributed by atoms with Gasteiger partial charge in [0.15, 0.2) is 5.96 Å². The Morgan fingerprint density at radius 1 is 1.33 bits per heavy atom. The Balaban J connectivity index is 0.00000288. The van der Waals surface area contributed by atoms with E-state index in [-0.39, 0.29) is 24.0 Å².